The van der Waals surface area contributed by atoms with Gasteiger partial charge < -0.3 is 26.3 Å². The Morgan fingerprint density at radius 2 is 1.61 bits per heavy atom. The van der Waals surface area contributed by atoms with Crippen molar-refractivity contribution >= 4 is 28.0 Å². The number of guanidine groups is 1. The van der Waals surface area contributed by atoms with E-state index >= 15 is 0 Å². The van der Waals surface area contributed by atoms with Gasteiger partial charge in [0, 0.05) is 24.4 Å². The van der Waals surface area contributed by atoms with Gasteiger partial charge >= 0.3 is 6.09 Å². The summed E-state index contributed by atoms with van der Waals surface area (Å²) in [4.78, 5) is 29.1. The number of amides is 2. The van der Waals surface area contributed by atoms with E-state index in [1.165, 1.54) is 0 Å². The van der Waals surface area contributed by atoms with Crippen LogP contribution in [0.25, 0.3) is 11.1 Å². The molecule has 46 heavy (non-hydrogen) atoms. The van der Waals surface area contributed by atoms with E-state index < -0.39 is 33.7 Å². The Kier molecular flexibility index (Phi) is 9.03. The van der Waals surface area contributed by atoms with Crippen molar-refractivity contribution in [2.75, 3.05) is 13.2 Å². The zero-order valence-corrected chi connectivity index (χ0v) is 27.6. The fourth-order valence-corrected chi connectivity index (χ4v) is 7.96. The van der Waals surface area contributed by atoms with E-state index in [-0.39, 0.29) is 36.3 Å². The van der Waals surface area contributed by atoms with Crippen molar-refractivity contribution in [2.24, 2.45) is 16.5 Å². The van der Waals surface area contributed by atoms with Crippen molar-refractivity contribution in [1.82, 2.24) is 10.0 Å². The Hall–Kier alpha value is -4.58. The third-order valence-electron chi connectivity index (χ3n) is 8.71. The number of rotatable bonds is 10. The average molecular weight is 648 g/mol. The Morgan fingerprint density at radius 1 is 1.00 bits per heavy atom. The molecule has 2 aliphatic rings. The lowest BCUT2D eigenvalue weighted by molar-refractivity contribution is -0.120. The molecule has 12 heteroatoms. The van der Waals surface area contributed by atoms with Gasteiger partial charge in [0.05, 0.1) is 4.90 Å². The van der Waals surface area contributed by atoms with E-state index in [1.807, 2.05) is 69.3 Å². The monoisotopic (exact) mass is 647 g/mol. The van der Waals surface area contributed by atoms with Crippen LogP contribution in [0.2, 0.25) is 0 Å². The first kappa shape index (κ1) is 32.8. The molecule has 0 radical (unpaired) electrons. The molecule has 11 nitrogen and oxygen atoms in total. The third-order valence-corrected chi connectivity index (χ3v) is 10.3. The molecule has 0 saturated heterocycles. The molecule has 0 spiro atoms. The smallest absolute Gasteiger partial charge is 0.407 e. The fraction of sp³-hybridized carbons (Fsp3) is 0.382. The van der Waals surface area contributed by atoms with E-state index in [0.717, 1.165) is 39.1 Å². The molecule has 1 aliphatic heterocycles. The first-order chi connectivity index (χ1) is 21.7. The predicted octanol–water partition coefficient (Wildman–Crippen LogP) is 4.09. The predicted molar refractivity (Wildman–Crippen MR) is 176 cm³/mol. The maximum atomic E-state index is 13.4. The van der Waals surface area contributed by atoms with Gasteiger partial charge in [-0.05, 0) is 86.4 Å². The van der Waals surface area contributed by atoms with Crippen LogP contribution in [0, 0.1) is 20.8 Å². The molecule has 1 aliphatic carbocycles. The lowest BCUT2D eigenvalue weighted by atomic mass is 9.94. The summed E-state index contributed by atoms with van der Waals surface area (Å²) in [5, 5.41) is 2.54. The first-order valence-electron chi connectivity index (χ1n) is 15.3. The maximum absolute atomic E-state index is 13.4. The molecule has 1 heterocycles. The summed E-state index contributed by atoms with van der Waals surface area (Å²) in [6, 6.07) is 15.0. The molecule has 3 aromatic rings. The highest BCUT2D eigenvalue weighted by atomic mass is 32.2. The van der Waals surface area contributed by atoms with Crippen molar-refractivity contribution in [3.8, 4) is 16.9 Å². The average Bonchev–Trinajstić information content (AvgIpc) is 3.50. The quantitative estimate of drug-likeness (QED) is 0.146. The summed E-state index contributed by atoms with van der Waals surface area (Å²) >= 11 is 0. The number of nitrogens with two attached hydrogens (primary N) is 2. The molecule has 1 atom stereocenters. The molecule has 0 saturated carbocycles. The van der Waals surface area contributed by atoms with Crippen LogP contribution < -0.4 is 26.2 Å². The number of carbonyl (C=O) groups excluding carboxylic acids is 2. The highest BCUT2D eigenvalue weighted by Crippen LogP contribution is 2.45. The van der Waals surface area contributed by atoms with Gasteiger partial charge in [-0.1, -0.05) is 48.5 Å². The van der Waals surface area contributed by atoms with Crippen LogP contribution in [0.5, 0.6) is 5.75 Å². The van der Waals surface area contributed by atoms with Crippen LogP contribution in [-0.2, 0) is 26.0 Å². The number of primary amides is 1. The standard InChI is InChI=1S/C34H41N5O6S/c1-19-20(2)30(21(3)26-17-34(4,5)45-29(19)26)46(42,43)39-32(36)37-16-10-15-28(31(35)40)38-33(41)44-18-27-24-13-8-6-11-22(24)23-12-7-9-14-25(23)27/h6-9,11-14,27-28H,10,15-18H2,1-5H3,(H2,35,40)(H,38,41)(H3,36,37,39). The van der Waals surface area contributed by atoms with Crippen molar-refractivity contribution in [3.05, 3.63) is 81.9 Å². The van der Waals surface area contributed by atoms with Crippen LogP contribution in [0.15, 0.2) is 58.4 Å². The SMILES string of the molecule is Cc1c(C)c(S(=O)(=O)NC(N)=NCCCC(NC(=O)OCC2c3ccccc3-c3ccccc32)C(N)=O)c(C)c2c1OC(C)(C)C2. The largest absolute Gasteiger partial charge is 0.487 e. The second kappa shape index (κ2) is 12.7. The van der Waals surface area contributed by atoms with Gasteiger partial charge in [-0.2, -0.15) is 0 Å². The number of hydrogen-bond acceptors (Lipinski definition) is 7. The summed E-state index contributed by atoms with van der Waals surface area (Å²) in [6.07, 6.45) is 0.279. The lowest BCUT2D eigenvalue weighted by Crippen LogP contribution is -2.45. The number of ether oxygens (including phenoxy) is 2. The van der Waals surface area contributed by atoms with Gasteiger partial charge in [0.15, 0.2) is 0 Å². The van der Waals surface area contributed by atoms with Crippen LogP contribution in [0.4, 0.5) is 4.79 Å². The van der Waals surface area contributed by atoms with Gasteiger partial charge in [-0.25, -0.2) is 17.9 Å². The Labute approximate surface area is 269 Å². The van der Waals surface area contributed by atoms with Crippen LogP contribution in [-0.4, -0.2) is 51.2 Å². The van der Waals surface area contributed by atoms with Crippen LogP contribution in [0.1, 0.15) is 66.0 Å². The van der Waals surface area contributed by atoms with Crippen molar-refractivity contribution < 1.29 is 27.5 Å². The second-order valence-corrected chi connectivity index (χ2v) is 14.1. The minimum absolute atomic E-state index is 0.0910. The molecule has 0 aromatic heterocycles. The number of carbonyl (C=O) groups is 2. The van der Waals surface area contributed by atoms with E-state index in [9.17, 15) is 18.0 Å². The molecule has 3 aromatic carbocycles. The molecule has 6 N–H and O–H groups in total. The van der Waals surface area contributed by atoms with Crippen molar-refractivity contribution in [1.29, 1.82) is 0 Å². The highest BCUT2D eigenvalue weighted by molar-refractivity contribution is 7.90. The Bertz CT molecular complexity index is 1790. The summed E-state index contributed by atoms with van der Waals surface area (Å²) in [5.41, 5.74) is 18.3. The van der Waals surface area contributed by atoms with E-state index in [2.05, 4.69) is 15.0 Å². The lowest BCUT2D eigenvalue weighted by Gasteiger charge is -2.19. The molecular formula is C34H41N5O6S. The van der Waals surface area contributed by atoms with E-state index in [1.54, 1.807) is 13.8 Å². The van der Waals surface area contributed by atoms with Crippen LogP contribution in [0.3, 0.4) is 0 Å². The normalized spacial score (nSPS) is 15.7. The molecule has 244 valence electrons. The third kappa shape index (κ3) is 6.53. The van der Waals surface area contributed by atoms with E-state index in [0.29, 0.717) is 24.0 Å². The molecular weight excluding hydrogens is 606 g/mol. The number of nitrogens with one attached hydrogen (secondary N) is 2. The van der Waals surface area contributed by atoms with Gasteiger partial charge in [-0.15, -0.1) is 0 Å². The van der Waals surface area contributed by atoms with Gasteiger partial charge in [-0.3, -0.25) is 9.79 Å². The molecule has 5 rings (SSSR count). The maximum Gasteiger partial charge on any atom is 0.407 e. The van der Waals surface area contributed by atoms with E-state index in [4.69, 9.17) is 20.9 Å². The van der Waals surface area contributed by atoms with Crippen LogP contribution >= 0.6 is 0 Å². The van der Waals surface area contributed by atoms with Crippen molar-refractivity contribution in [3.63, 3.8) is 0 Å². The zero-order valence-electron chi connectivity index (χ0n) is 26.8. The summed E-state index contributed by atoms with van der Waals surface area (Å²) in [5.74, 6) is -0.402. The molecule has 2 amide bonds. The number of hydrogen-bond donors (Lipinski definition) is 4. The number of nitrogens with zero attached hydrogens (tertiary/aromatic N) is 1. The minimum Gasteiger partial charge on any atom is -0.487 e. The van der Waals surface area contributed by atoms with Gasteiger partial charge in [0.2, 0.25) is 11.9 Å². The Morgan fingerprint density at radius 3 is 2.22 bits per heavy atom. The number of alkyl carbamates (subject to hydrolysis) is 1. The van der Waals surface area contributed by atoms with Gasteiger partial charge in [0.1, 0.15) is 24.0 Å². The zero-order chi connectivity index (χ0) is 33.4. The number of benzene rings is 3. The minimum atomic E-state index is -4.04. The van der Waals surface area contributed by atoms with Crippen molar-refractivity contribution in [2.45, 2.75) is 76.3 Å². The number of fused-ring (bicyclic) bond motifs is 4. The number of aliphatic imine (C=N–C) groups is 1. The molecule has 0 bridgehead atoms. The summed E-state index contributed by atoms with van der Waals surface area (Å²) < 4.78 is 40.8. The fourth-order valence-electron chi connectivity index (χ4n) is 6.43. The van der Waals surface area contributed by atoms with Gasteiger partial charge in [0.25, 0.3) is 10.0 Å². The second-order valence-electron chi connectivity index (χ2n) is 12.5. The summed E-state index contributed by atoms with van der Waals surface area (Å²) in [6.45, 7) is 9.48. The molecule has 1 unspecified atom stereocenters. The first-order valence-corrected chi connectivity index (χ1v) is 16.7. The number of sulfonamides is 1. The highest BCUT2D eigenvalue weighted by Gasteiger charge is 2.37. The summed E-state index contributed by atoms with van der Waals surface area (Å²) in [7, 11) is -4.04. The Balaban J connectivity index is 1.16. The molecule has 0 fully saturated rings. The topological polar surface area (TPSA) is 175 Å².